The molecule has 6 nitrogen and oxygen atoms in total. The zero-order chi connectivity index (χ0) is 20.6. The summed E-state index contributed by atoms with van der Waals surface area (Å²) < 4.78 is 13.5. The molecule has 1 aliphatic carbocycles. The molecule has 3 rings (SSSR count). The number of likely N-dealkylation sites (tertiary alicyclic amines) is 1. The van der Waals surface area contributed by atoms with Gasteiger partial charge in [-0.25, -0.2) is 9.38 Å². The van der Waals surface area contributed by atoms with Crippen LogP contribution in [-0.4, -0.2) is 47.5 Å². The van der Waals surface area contributed by atoms with E-state index in [1.54, 1.807) is 12.1 Å². The molecular formula is C22H33FN4O2. The van der Waals surface area contributed by atoms with Gasteiger partial charge < -0.3 is 20.6 Å². The van der Waals surface area contributed by atoms with Gasteiger partial charge in [0.1, 0.15) is 5.82 Å². The molecule has 7 heteroatoms. The summed E-state index contributed by atoms with van der Waals surface area (Å²) in [6, 6.07) is 4.87. The third-order valence-electron chi connectivity index (χ3n) is 5.84. The minimum Gasteiger partial charge on any atom is -0.392 e. The summed E-state index contributed by atoms with van der Waals surface area (Å²) in [5, 5.41) is 15.9. The molecule has 1 atom stereocenters. The van der Waals surface area contributed by atoms with Crippen LogP contribution in [-0.2, 0) is 17.9 Å². The molecule has 160 valence electrons. The molecule has 1 aromatic carbocycles. The number of aliphatic hydroxyl groups is 1. The lowest BCUT2D eigenvalue weighted by Crippen LogP contribution is -2.45. The summed E-state index contributed by atoms with van der Waals surface area (Å²) in [6.07, 6.45) is 6.57. The van der Waals surface area contributed by atoms with Crippen molar-refractivity contribution in [3.05, 3.63) is 35.1 Å². The molecule has 29 heavy (non-hydrogen) atoms. The Hall–Kier alpha value is -2.15. The van der Waals surface area contributed by atoms with Gasteiger partial charge in [0.2, 0.25) is 5.91 Å². The summed E-state index contributed by atoms with van der Waals surface area (Å²) in [6.45, 7) is 4.31. The highest BCUT2D eigenvalue weighted by molar-refractivity contribution is 5.81. The lowest BCUT2D eigenvalue weighted by atomic mass is 9.88. The Labute approximate surface area is 172 Å². The van der Waals surface area contributed by atoms with E-state index in [-0.39, 0.29) is 24.1 Å². The van der Waals surface area contributed by atoms with Crippen LogP contribution in [0.4, 0.5) is 4.39 Å². The SMILES string of the molecule is CCNC(=NCc1ccc(F)c(CO)c1)NC1CCN(C(=O)C2CCCCC2)C1. The molecule has 1 saturated heterocycles. The Morgan fingerprint density at radius 1 is 1.28 bits per heavy atom. The molecule has 0 spiro atoms. The lowest BCUT2D eigenvalue weighted by molar-refractivity contribution is -0.135. The number of guanidine groups is 1. The topological polar surface area (TPSA) is 77.0 Å². The van der Waals surface area contributed by atoms with Crippen molar-refractivity contribution in [1.29, 1.82) is 0 Å². The van der Waals surface area contributed by atoms with Gasteiger partial charge in [-0.3, -0.25) is 4.79 Å². The molecule has 1 amide bonds. The smallest absolute Gasteiger partial charge is 0.225 e. The highest BCUT2D eigenvalue weighted by Gasteiger charge is 2.31. The lowest BCUT2D eigenvalue weighted by Gasteiger charge is -2.26. The maximum atomic E-state index is 13.5. The van der Waals surface area contributed by atoms with E-state index < -0.39 is 5.82 Å². The van der Waals surface area contributed by atoms with Crippen LogP contribution in [0.5, 0.6) is 0 Å². The van der Waals surface area contributed by atoms with E-state index in [0.717, 1.165) is 37.9 Å². The number of carbonyl (C=O) groups is 1. The second-order valence-corrected chi connectivity index (χ2v) is 8.03. The third-order valence-corrected chi connectivity index (χ3v) is 5.84. The number of aliphatic imine (C=N–C) groups is 1. The Morgan fingerprint density at radius 3 is 2.79 bits per heavy atom. The Bertz CT molecular complexity index is 719. The first-order chi connectivity index (χ1) is 14.1. The minimum atomic E-state index is -0.404. The second-order valence-electron chi connectivity index (χ2n) is 8.03. The van der Waals surface area contributed by atoms with Gasteiger partial charge in [0, 0.05) is 37.2 Å². The van der Waals surface area contributed by atoms with Crippen molar-refractivity contribution >= 4 is 11.9 Å². The second kappa shape index (κ2) is 10.6. The van der Waals surface area contributed by atoms with Gasteiger partial charge in [-0.05, 0) is 43.9 Å². The first-order valence-electron chi connectivity index (χ1n) is 10.8. The summed E-state index contributed by atoms with van der Waals surface area (Å²) >= 11 is 0. The molecule has 1 aliphatic heterocycles. The summed E-state index contributed by atoms with van der Waals surface area (Å²) in [5.74, 6) is 0.820. The standard InChI is InChI=1S/C22H33FN4O2/c1-2-24-22(25-13-16-8-9-20(23)18(12-16)15-28)26-19-10-11-27(14-19)21(29)17-6-4-3-5-7-17/h8-9,12,17,19,28H,2-7,10-11,13-15H2,1H3,(H2,24,25,26). The zero-order valence-corrected chi connectivity index (χ0v) is 17.3. The number of aliphatic hydroxyl groups excluding tert-OH is 1. The molecule has 0 radical (unpaired) electrons. The average molecular weight is 405 g/mol. The monoisotopic (exact) mass is 404 g/mol. The zero-order valence-electron chi connectivity index (χ0n) is 17.3. The van der Waals surface area contributed by atoms with E-state index in [9.17, 15) is 14.3 Å². The number of carbonyl (C=O) groups excluding carboxylic acids is 1. The summed E-state index contributed by atoms with van der Waals surface area (Å²) in [5.41, 5.74) is 1.12. The van der Waals surface area contributed by atoms with Crippen LogP contribution in [0.2, 0.25) is 0 Å². The molecule has 2 aliphatic rings. The van der Waals surface area contributed by atoms with Gasteiger partial charge in [-0.15, -0.1) is 0 Å². The third kappa shape index (κ3) is 5.92. The van der Waals surface area contributed by atoms with Crippen molar-refractivity contribution in [2.75, 3.05) is 19.6 Å². The molecule has 0 bridgehead atoms. The molecule has 1 aromatic rings. The number of nitrogens with zero attached hydrogens (tertiary/aromatic N) is 2. The number of hydrogen-bond acceptors (Lipinski definition) is 3. The minimum absolute atomic E-state index is 0.182. The van der Waals surface area contributed by atoms with Crippen molar-refractivity contribution in [1.82, 2.24) is 15.5 Å². The molecule has 1 heterocycles. The van der Waals surface area contributed by atoms with Crippen molar-refractivity contribution in [2.45, 2.75) is 64.6 Å². The number of hydrogen-bond donors (Lipinski definition) is 3. The van der Waals surface area contributed by atoms with Crippen LogP contribution in [0.15, 0.2) is 23.2 Å². The van der Waals surface area contributed by atoms with E-state index in [1.807, 2.05) is 11.8 Å². The Morgan fingerprint density at radius 2 is 2.07 bits per heavy atom. The van der Waals surface area contributed by atoms with Crippen molar-refractivity contribution in [3.8, 4) is 0 Å². The maximum absolute atomic E-state index is 13.5. The molecule has 1 unspecified atom stereocenters. The fraction of sp³-hybridized carbons (Fsp3) is 0.636. The predicted octanol–water partition coefficient (Wildman–Crippen LogP) is 2.55. The highest BCUT2D eigenvalue weighted by Crippen LogP contribution is 2.26. The Balaban J connectivity index is 1.56. The van der Waals surface area contributed by atoms with E-state index in [2.05, 4.69) is 15.6 Å². The summed E-state index contributed by atoms with van der Waals surface area (Å²) in [7, 11) is 0. The van der Waals surface area contributed by atoms with Crippen LogP contribution in [0.25, 0.3) is 0 Å². The maximum Gasteiger partial charge on any atom is 0.225 e. The van der Waals surface area contributed by atoms with Crippen LogP contribution in [0, 0.1) is 11.7 Å². The molecule has 1 saturated carbocycles. The van der Waals surface area contributed by atoms with Gasteiger partial charge in [-0.1, -0.05) is 25.3 Å². The molecular weight excluding hydrogens is 371 g/mol. The fourth-order valence-corrected chi connectivity index (χ4v) is 4.22. The van der Waals surface area contributed by atoms with E-state index in [0.29, 0.717) is 25.0 Å². The van der Waals surface area contributed by atoms with Gasteiger partial charge in [-0.2, -0.15) is 0 Å². The summed E-state index contributed by atoms with van der Waals surface area (Å²) in [4.78, 5) is 19.4. The Kier molecular flexibility index (Phi) is 7.86. The number of nitrogens with one attached hydrogen (secondary N) is 2. The van der Waals surface area contributed by atoms with Gasteiger partial charge >= 0.3 is 0 Å². The molecule has 0 aromatic heterocycles. The number of benzene rings is 1. The highest BCUT2D eigenvalue weighted by atomic mass is 19.1. The van der Waals surface area contributed by atoms with Gasteiger partial charge in [0.15, 0.2) is 5.96 Å². The largest absolute Gasteiger partial charge is 0.392 e. The van der Waals surface area contributed by atoms with Crippen LogP contribution in [0.3, 0.4) is 0 Å². The van der Waals surface area contributed by atoms with Gasteiger partial charge in [0.05, 0.1) is 13.2 Å². The normalized spacial score (nSPS) is 20.7. The fourth-order valence-electron chi connectivity index (χ4n) is 4.22. The van der Waals surface area contributed by atoms with Crippen LogP contribution < -0.4 is 10.6 Å². The van der Waals surface area contributed by atoms with Crippen LogP contribution in [0.1, 0.15) is 56.6 Å². The van der Waals surface area contributed by atoms with Gasteiger partial charge in [0.25, 0.3) is 0 Å². The predicted molar refractivity (Wildman–Crippen MR) is 112 cm³/mol. The van der Waals surface area contributed by atoms with Crippen molar-refractivity contribution in [3.63, 3.8) is 0 Å². The first-order valence-corrected chi connectivity index (χ1v) is 10.8. The number of rotatable bonds is 6. The number of amides is 1. The van der Waals surface area contributed by atoms with Crippen molar-refractivity contribution in [2.24, 2.45) is 10.9 Å². The molecule has 3 N–H and O–H groups in total. The average Bonchev–Trinajstić information content (AvgIpc) is 3.21. The van der Waals surface area contributed by atoms with Crippen molar-refractivity contribution < 1.29 is 14.3 Å². The first kappa shape index (κ1) is 21.6. The van der Waals surface area contributed by atoms with E-state index in [1.165, 1.54) is 25.3 Å². The molecule has 2 fully saturated rings. The quantitative estimate of drug-likeness (QED) is 0.503. The van der Waals surface area contributed by atoms with E-state index in [4.69, 9.17) is 0 Å². The van der Waals surface area contributed by atoms with Crippen LogP contribution >= 0.6 is 0 Å². The van der Waals surface area contributed by atoms with E-state index >= 15 is 0 Å². The number of halogens is 1.